The molecular weight excluding hydrogens is 286 g/mol. The first-order valence-corrected chi connectivity index (χ1v) is 7.79. The number of anilines is 2. The van der Waals surface area contributed by atoms with E-state index in [0.29, 0.717) is 10.9 Å². The molecule has 2 aromatic heterocycles. The fourth-order valence-electron chi connectivity index (χ4n) is 1.76. The fourth-order valence-corrected chi connectivity index (χ4v) is 2.66. The lowest BCUT2D eigenvalue weighted by Crippen LogP contribution is -2.14. The van der Waals surface area contributed by atoms with Gasteiger partial charge in [0.25, 0.3) is 5.91 Å². The van der Waals surface area contributed by atoms with Crippen molar-refractivity contribution in [1.82, 2.24) is 15.0 Å². The van der Waals surface area contributed by atoms with Crippen molar-refractivity contribution < 1.29 is 4.79 Å². The van der Waals surface area contributed by atoms with Gasteiger partial charge in [0, 0.05) is 11.4 Å². The van der Waals surface area contributed by atoms with Crippen molar-refractivity contribution in [3.05, 3.63) is 28.7 Å². The van der Waals surface area contributed by atoms with Gasteiger partial charge in [-0.2, -0.15) is 0 Å². The number of thiazole rings is 1. The summed E-state index contributed by atoms with van der Waals surface area (Å²) in [5.74, 6) is 0.382. The molecule has 2 rings (SSSR count). The molecule has 2 N–H and O–H groups in total. The molecule has 2 aromatic rings. The number of aryl methyl sites for hydroxylation is 2. The Balaban J connectivity index is 2.02. The van der Waals surface area contributed by atoms with Gasteiger partial charge in [-0.05, 0) is 19.8 Å². The number of hydrogen-bond acceptors (Lipinski definition) is 6. The first kappa shape index (κ1) is 15.4. The van der Waals surface area contributed by atoms with Crippen LogP contribution in [-0.2, 0) is 6.42 Å². The van der Waals surface area contributed by atoms with E-state index >= 15 is 0 Å². The topological polar surface area (TPSA) is 79.8 Å². The van der Waals surface area contributed by atoms with Crippen LogP contribution >= 0.6 is 11.3 Å². The van der Waals surface area contributed by atoms with Gasteiger partial charge in [-0.3, -0.25) is 10.1 Å². The molecule has 0 radical (unpaired) electrons. The Morgan fingerprint density at radius 3 is 2.67 bits per heavy atom. The van der Waals surface area contributed by atoms with Crippen molar-refractivity contribution in [1.29, 1.82) is 0 Å². The van der Waals surface area contributed by atoms with E-state index in [9.17, 15) is 4.79 Å². The van der Waals surface area contributed by atoms with E-state index in [1.807, 2.05) is 13.8 Å². The third-order valence-electron chi connectivity index (χ3n) is 2.89. The molecule has 6 nitrogen and oxygen atoms in total. The second-order valence-corrected chi connectivity index (χ2v) is 5.75. The van der Waals surface area contributed by atoms with E-state index in [4.69, 9.17) is 0 Å². The maximum Gasteiger partial charge on any atom is 0.277 e. The van der Waals surface area contributed by atoms with Crippen LogP contribution in [0.15, 0.2) is 12.4 Å². The number of aromatic nitrogens is 3. The smallest absolute Gasteiger partial charge is 0.277 e. The van der Waals surface area contributed by atoms with E-state index in [2.05, 4.69) is 32.5 Å². The Labute approximate surface area is 128 Å². The van der Waals surface area contributed by atoms with Crippen LogP contribution in [0.1, 0.15) is 41.3 Å². The fraction of sp³-hybridized carbons (Fsp3) is 0.429. The van der Waals surface area contributed by atoms with Crippen LogP contribution < -0.4 is 10.6 Å². The van der Waals surface area contributed by atoms with Gasteiger partial charge in [0.2, 0.25) is 0 Å². The molecule has 0 saturated carbocycles. The van der Waals surface area contributed by atoms with Gasteiger partial charge in [-0.25, -0.2) is 15.0 Å². The van der Waals surface area contributed by atoms with E-state index in [0.717, 1.165) is 30.0 Å². The molecule has 21 heavy (non-hydrogen) atoms. The summed E-state index contributed by atoms with van der Waals surface area (Å²) in [7, 11) is 0. The summed E-state index contributed by atoms with van der Waals surface area (Å²) in [5, 5.41) is 6.48. The van der Waals surface area contributed by atoms with Crippen molar-refractivity contribution in [2.75, 3.05) is 17.2 Å². The van der Waals surface area contributed by atoms with Crippen LogP contribution in [-0.4, -0.2) is 27.4 Å². The Morgan fingerprint density at radius 1 is 1.29 bits per heavy atom. The molecule has 0 aliphatic carbocycles. The van der Waals surface area contributed by atoms with Crippen LogP contribution in [0.25, 0.3) is 0 Å². The molecule has 0 atom stereocenters. The first-order chi connectivity index (χ1) is 10.1. The Kier molecular flexibility index (Phi) is 5.21. The van der Waals surface area contributed by atoms with Gasteiger partial charge in [-0.15, -0.1) is 11.3 Å². The summed E-state index contributed by atoms with van der Waals surface area (Å²) in [6, 6.07) is 0. The highest BCUT2D eigenvalue weighted by atomic mass is 32.1. The van der Waals surface area contributed by atoms with Crippen molar-refractivity contribution in [2.45, 2.75) is 33.6 Å². The van der Waals surface area contributed by atoms with Crippen LogP contribution in [0.5, 0.6) is 0 Å². The molecule has 0 aliphatic heterocycles. The lowest BCUT2D eigenvalue weighted by molar-refractivity contribution is 0.102. The summed E-state index contributed by atoms with van der Waals surface area (Å²) >= 11 is 1.47. The maximum absolute atomic E-state index is 12.1. The second-order valence-electron chi connectivity index (χ2n) is 4.54. The monoisotopic (exact) mass is 305 g/mol. The molecule has 7 heteroatoms. The molecule has 0 aliphatic rings. The molecule has 0 unspecified atom stereocenters. The summed E-state index contributed by atoms with van der Waals surface area (Å²) in [5.41, 5.74) is 1.29. The molecule has 0 fully saturated rings. The Hall–Kier alpha value is -2.02. The third kappa shape index (κ3) is 3.98. The van der Waals surface area contributed by atoms with Gasteiger partial charge in [0.1, 0.15) is 11.5 Å². The maximum atomic E-state index is 12.1. The number of nitrogens with zero attached hydrogens (tertiary/aromatic N) is 3. The predicted octanol–water partition coefficient (Wildman–Crippen LogP) is 2.88. The average Bonchev–Trinajstić information content (AvgIpc) is 2.85. The van der Waals surface area contributed by atoms with E-state index in [1.54, 1.807) is 6.20 Å². The zero-order valence-corrected chi connectivity index (χ0v) is 13.3. The number of rotatable bonds is 6. The molecule has 0 aromatic carbocycles. The number of nitrogens with one attached hydrogen (secondary N) is 2. The number of carbonyl (C=O) groups is 1. The minimum atomic E-state index is -0.291. The Morgan fingerprint density at radius 2 is 2.10 bits per heavy atom. The summed E-state index contributed by atoms with van der Waals surface area (Å²) in [6.07, 6.45) is 4.90. The van der Waals surface area contributed by atoms with Crippen LogP contribution in [0, 0.1) is 6.92 Å². The SMILES string of the molecule is CCCNc1cnc(C(=O)Nc2nc(CC)c(C)s2)cn1. The van der Waals surface area contributed by atoms with E-state index in [-0.39, 0.29) is 11.6 Å². The van der Waals surface area contributed by atoms with Crippen molar-refractivity contribution in [3.63, 3.8) is 0 Å². The Bertz CT molecular complexity index is 608. The molecule has 0 saturated heterocycles. The molecule has 112 valence electrons. The summed E-state index contributed by atoms with van der Waals surface area (Å²) in [4.78, 5) is 25.9. The first-order valence-electron chi connectivity index (χ1n) is 6.97. The normalized spacial score (nSPS) is 10.4. The van der Waals surface area contributed by atoms with E-state index in [1.165, 1.54) is 17.5 Å². The van der Waals surface area contributed by atoms with Gasteiger partial charge in [0.15, 0.2) is 5.13 Å². The van der Waals surface area contributed by atoms with Gasteiger partial charge >= 0.3 is 0 Å². The van der Waals surface area contributed by atoms with Crippen LogP contribution in [0.2, 0.25) is 0 Å². The number of carbonyl (C=O) groups excluding carboxylic acids is 1. The quantitative estimate of drug-likeness (QED) is 0.858. The highest BCUT2D eigenvalue weighted by molar-refractivity contribution is 7.15. The van der Waals surface area contributed by atoms with Crippen molar-refractivity contribution in [2.24, 2.45) is 0 Å². The van der Waals surface area contributed by atoms with Crippen LogP contribution in [0.3, 0.4) is 0 Å². The number of amides is 1. The highest BCUT2D eigenvalue weighted by Crippen LogP contribution is 2.22. The molecule has 1 amide bonds. The van der Waals surface area contributed by atoms with Gasteiger partial charge < -0.3 is 5.32 Å². The zero-order chi connectivity index (χ0) is 15.2. The van der Waals surface area contributed by atoms with Crippen molar-refractivity contribution in [3.8, 4) is 0 Å². The van der Waals surface area contributed by atoms with Gasteiger partial charge in [-0.1, -0.05) is 13.8 Å². The standard InChI is InChI=1S/C14H19N5OS/c1-4-6-15-12-8-16-11(7-17-12)13(20)19-14-18-10(5-2)9(3)21-14/h7-8H,4-6H2,1-3H3,(H,15,17)(H,18,19,20). The zero-order valence-electron chi connectivity index (χ0n) is 12.4. The minimum Gasteiger partial charge on any atom is -0.369 e. The predicted molar refractivity (Wildman–Crippen MR) is 85.0 cm³/mol. The largest absolute Gasteiger partial charge is 0.369 e. The minimum absolute atomic E-state index is 0.281. The summed E-state index contributed by atoms with van der Waals surface area (Å²) in [6.45, 7) is 6.95. The number of hydrogen-bond donors (Lipinski definition) is 2. The van der Waals surface area contributed by atoms with E-state index < -0.39 is 0 Å². The highest BCUT2D eigenvalue weighted by Gasteiger charge is 2.12. The third-order valence-corrected chi connectivity index (χ3v) is 3.82. The molecule has 0 bridgehead atoms. The lowest BCUT2D eigenvalue weighted by Gasteiger charge is -2.04. The molecule has 2 heterocycles. The van der Waals surface area contributed by atoms with Crippen molar-refractivity contribution >= 4 is 28.2 Å². The van der Waals surface area contributed by atoms with Gasteiger partial charge in [0.05, 0.1) is 18.1 Å². The van der Waals surface area contributed by atoms with Crippen LogP contribution in [0.4, 0.5) is 10.9 Å². The molecule has 0 spiro atoms. The second kappa shape index (κ2) is 7.12. The average molecular weight is 305 g/mol. The lowest BCUT2D eigenvalue weighted by atomic mass is 10.3. The summed E-state index contributed by atoms with van der Waals surface area (Å²) < 4.78 is 0. The molecular formula is C14H19N5OS.